The van der Waals surface area contributed by atoms with Crippen LogP contribution in [-0.4, -0.2) is 56.9 Å². The average Bonchev–Trinajstić information content (AvgIpc) is 2.71. The number of halogens is 3. The molecule has 0 atom stereocenters. The van der Waals surface area contributed by atoms with E-state index in [1.165, 1.54) is 52.7 Å². The molecule has 0 radical (unpaired) electrons. The Morgan fingerprint density at radius 3 is 2.52 bits per heavy atom. The highest BCUT2D eigenvalue weighted by molar-refractivity contribution is 7.89. The second-order valence-electron chi connectivity index (χ2n) is 6.52. The zero-order valence-electron chi connectivity index (χ0n) is 15.6. The van der Waals surface area contributed by atoms with Gasteiger partial charge in [-0.15, -0.1) is 0 Å². The van der Waals surface area contributed by atoms with Gasteiger partial charge in [-0.05, 0) is 30.3 Å². The lowest BCUT2D eigenvalue weighted by Gasteiger charge is -2.26. The van der Waals surface area contributed by atoms with Crippen molar-refractivity contribution in [2.24, 2.45) is 0 Å². The molecule has 0 spiro atoms. The number of hydrogen-bond acceptors (Lipinski definition) is 4. The Labute approximate surface area is 178 Å². The number of morpholine rings is 1. The summed E-state index contributed by atoms with van der Waals surface area (Å²) < 4.78 is 46.3. The van der Waals surface area contributed by atoms with Crippen molar-refractivity contribution in [1.82, 2.24) is 9.21 Å². The van der Waals surface area contributed by atoms with Gasteiger partial charge in [-0.1, -0.05) is 29.3 Å². The van der Waals surface area contributed by atoms with E-state index in [0.29, 0.717) is 13.2 Å². The fraction of sp³-hybridized carbons (Fsp3) is 0.316. The van der Waals surface area contributed by atoms with Gasteiger partial charge in [-0.3, -0.25) is 4.79 Å². The minimum Gasteiger partial charge on any atom is -0.379 e. The summed E-state index contributed by atoms with van der Waals surface area (Å²) in [6.07, 6.45) is 0. The molecule has 1 aliphatic rings. The molecule has 3 rings (SSSR count). The molecule has 29 heavy (non-hydrogen) atoms. The molecule has 0 N–H and O–H groups in total. The van der Waals surface area contributed by atoms with Gasteiger partial charge in [-0.25, -0.2) is 12.8 Å². The Bertz CT molecular complexity index is 1010. The first-order chi connectivity index (χ1) is 13.7. The van der Waals surface area contributed by atoms with Gasteiger partial charge < -0.3 is 9.64 Å². The Morgan fingerprint density at radius 2 is 1.86 bits per heavy atom. The predicted molar refractivity (Wildman–Crippen MR) is 108 cm³/mol. The molecular formula is C19H19Cl2FN2O4S. The highest BCUT2D eigenvalue weighted by atomic mass is 35.5. The largest absolute Gasteiger partial charge is 0.379 e. The molecule has 1 aliphatic heterocycles. The number of sulfonamides is 1. The van der Waals surface area contributed by atoms with E-state index < -0.39 is 21.7 Å². The van der Waals surface area contributed by atoms with Crippen LogP contribution in [0.4, 0.5) is 4.39 Å². The van der Waals surface area contributed by atoms with Gasteiger partial charge in [0.05, 0.1) is 18.2 Å². The lowest BCUT2D eigenvalue weighted by atomic mass is 10.1. The Hall–Kier alpha value is -1.71. The first kappa shape index (κ1) is 22.0. The predicted octanol–water partition coefficient (Wildman–Crippen LogP) is 3.43. The van der Waals surface area contributed by atoms with Crippen molar-refractivity contribution in [2.45, 2.75) is 11.4 Å². The average molecular weight is 461 g/mol. The molecule has 10 heteroatoms. The molecule has 0 unspecified atom stereocenters. The van der Waals surface area contributed by atoms with Crippen LogP contribution < -0.4 is 0 Å². The topological polar surface area (TPSA) is 66.9 Å². The maximum absolute atomic E-state index is 14.0. The number of carbonyl (C=O) groups is 1. The molecule has 1 heterocycles. The van der Waals surface area contributed by atoms with Crippen molar-refractivity contribution in [3.63, 3.8) is 0 Å². The minimum absolute atomic E-state index is 0.0212. The standard InChI is InChI=1S/C19H19Cl2FN2O4S/c1-23(12-14-15(20)3-2-4-17(14)22)19(25)13-5-6-16(21)18(11-13)29(26,27)24-7-9-28-10-8-24/h2-6,11H,7-10,12H2,1H3. The van der Waals surface area contributed by atoms with Crippen LogP contribution >= 0.6 is 23.2 Å². The molecule has 1 saturated heterocycles. The summed E-state index contributed by atoms with van der Waals surface area (Å²) in [5.74, 6) is -1.01. The Morgan fingerprint density at radius 1 is 1.17 bits per heavy atom. The van der Waals surface area contributed by atoms with Gasteiger partial charge in [0.25, 0.3) is 5.91 Å². The SMILES string of the molecule is CN(Cc1c(F)cccc1Cl)C(=O)c1ccc(Cl)c(S(=O)(=O)N2CCOCC2)c1. The van der Waals surface area contributed by atoms with E-state index >= 15 is 0 Å². The summed E-state index contributed by atoms with van der Waals surface area (Å²) in [5, 5.41) is 0.226. The smallest absolute Gasteiger partial charge is 0.253 e. The first-order valence-electron chi connectivity index (χ1n) is 8.77. The number of nitrogens with zero attached hydrogens (tertiary/aromatic N) is 2. The van der Waals surface area contributed by atoms with Gasteiger partial charge in [0, 0.05) is 42.8 Å². The number of benzene rings is 2. The Kier molecular flexibility index (Phi) is 6.80. The highest BCUT2D eigenvalue weighted by Gasteiger charge is 2.29. The fourth-order valence-electron chi connectivity index (χ4n) is 2.97. The van der Waals surface area contributed by atoms with Gasteiger partial charge in [0.15, 0.2) is 0 Å². The van der Waals surface area contributed by atoms with Crippen LogP contribution in [0.2, 0.25) is 10.0 Å². The first-order valence-corrected chi connectivity index (χ1v) is 11.0. The van der Waals surface area contributed by atoms with Crippen molar-refractivity contribution in [2.75, 3.05) is 33.4 Å². The maximum Gasteiger partial charge on any atom is 0.253 e. The maximum atomic E-state index is 14.0. The van der Waals surface area contributed by atoms with E-state index in [4.69, 9.17) is 27.9 Å². The van der Waals surface area contributed by atoms with E-state index in [1.54, 1.807) is 0 Å². The van der Waals surface area contributed by atoms with Gasteiger partial charge in [0.1, 0.15) is 10.7 Å². The number of ether oxygens (including phenoxy) is 1. The molecule has 0 aliphatic carbocycles. The summed E-state index contributed by atoms with van der Waals surface area (Å²) in [6, 6.07) is 8.32. The summed E-state index contributed by atoms with van der Waals surface area (Å²) in [6.45, 7) is 0.937. The molecule has 1 amide bonds. The van der Waals surface area contributed by atoms with E-state index in [1.807, 2.05) is 0 Å². The van der Waals surface area contributed by atoms with E-state index in [-0.39, 0.29) is 45.7 Å². The number of rotatable bonds is 5. The monoisotopic (exact) mass is 460 g/mol. The third-order valence-corrected chi connectivity index (χ3v) is 7.30. The summed E-state index contributed by atoms with van der Waals surface area (Å²) in [5.41, 5.74) is 0.302. The lowest BCUT2D eigenvalue weighted by Crippen LogP contribution is -2.40. The molecule has 0 bridgehead atoms. The molecule has 2 aromatic rings. The molecule has 6 nitrogen and oxygen atoms in total. The van der Waals surface area contributed by atoms with E-state index in [9.17, 15) is 17.6 Å². The minimum atomic E-state index is -3.88. The van der Waals surface area contributed by atoms with Crippen molar-refractivity contribution in [3.05, 3.63) is 63.4 Å². The molecule has 156 valence electrons. The van der Waals surface area contributed by atoms with Crippen LogP contribution in [0.5, 0.6) is 0 Å². The van der Waals surface area contributed by atoms with Crippen molar-refractivity contribution in [1.29, 1.82) is 0 Å². The summed E-state index contributed by atoms with van der Waals surface area (Å²) >= 11 is 12.2. The molecular weight excluding hydrogens is 442 g/mol. The van der Waals surface area contributed by atoms with Crippen molar-refractivity contribution < 1.29 is 22.3 Å². The van der Waals surface area contributed by atoms with Crippen molar-refractivity contribution in [3.8, 4) is 0 Å². The zero-order chi connectivity index (χ0) is 21.2. The van der Waals surface area contributed by atoms with E-state index in [0.717, 1.165) is 0 Å². The third-order valence-electron chi connectivity index (χ3n) is 4.57. The van der Waals surface area contributed by atoms with Crippen LogP contribution in [0.1, 0.15) is 15.9 Å². The molecule has 0 saturated carbocycles. The van der Waals surface area contributed by atoms with Crippen molar-refractivity contribution >= 4 is 39.1 Å². The molecule has 1 fully saturated rings. The third kappa shape index (κ3) is 4.73. The second kappa shape index (κ2) is 8.97. The summed E-state index contributed by atoms with van der Waals surface area (Å²) in [7, 11) is -2.40. The quantitative estimate of drug-likeness (QED) is 0.685. The number of carbonyl (C=O) groups excluding carboxylic acids is 1. The summed E-state index contributed by atoms with van der Waals surface area (Å²) in [4.78, 5) is 13.9. The van der Waals surface area contributed by atoms with Crippen LogP contribution in [0.15, 0.2) is 41.3 Å². The van der Waals surface area contributed by atoms with Gasteiger partial charge >= 0.3 is 0 Å². The lowest BCUT2D eigenvalue weighted by molar-refractivity contribution is 0.0730. The van der Waals surface area contributed by atoms with Crippen LogP contribution in [-0.2, 0) is 21.3 Å². The zero-order valence-corrected chi connectivity index (χ0v) is 17.9. The van der Waals surface area contributed by atoms with Gasteiger partial charge in [-0.2, -0.15) is 4.31 Å². The highest BCUT2D eigenvalue weighted by Crippen LogP contribution is 2.27. The number of amides is 1. The number of hydrogen-bond donors (Lipinski definition) is 0. The molecule has 0 aromatic heterocycles. The van der Waals surface area contributed by atoms with Crippen LogP contribution in [0.25, 0.3) is 0 Å². The van der Waals surface area contributed by atoms with Crippen LogP contribution in [0, 0.1) is 5.82 Å². The second-order valence-corrected chi connectivity index (χ2v) is 9.24. The van der Waals surface area contributed by atoms with E-state index in [2.05, 4.69) is 0 Å². The normalized spacial score (nSPS) is 15.3. The van der Waals surface area contributed by atoms with Gasteiger partial charge in [0.2, 0.25) is 10.0 Å². The molecule has 2 aromatic carbocycles. The van der Waals surface area contributed by atoms with Crippen LogP contribution in [0.3, 0.4) is 0 Å². The fourth-order valence-corrected chi connectivity index (χ4v) is 5.10. The Balaban J connectivity index is 1.87.